The largest absolute Gasteiger partial charge is 1.00 e. The van der Waals surface area contributed by atoms with Crippen LogP contribution in [0.4, 0.5) is 11.4 Å². The number of hydrogen-bond acceptors (Lipinski definition) is 0. The van der Waals surface area contributed by atoms with Crippen LogP contribution in [-0.2, 0) is 0 Å². The molecular formula is C19H15Cl2N. The predicted octanol–water partition coefficient (Wildman–Crippen LogP) is 2.21. The van der Waals surface area contributed by atoms with Gasteiger partial charge in [-0.2, -0.15) is 0 Å². The molecule has 3 aromatic carbocycles. The minimum atomic E-state index is 0. The lowest BCUT2D eigenvalue weighted by Gasteiger charge is -2.05. The summed E-state index contributed by atoms with van der Waals surface area (Å²) in [4.78, 5) is 0. The van der Waals surface area contributed by atoms with Crippen molar-refractivity contribution in [3.63, 3.8) is 0 Å². The fourth-order valence-corrected chi connectivity index (χ4v) is 2.56. The van der Waals surface area contributed by atoms with Gasteiger partial charge in [-0.05, 0) is 23.7 Å². The van der Waals surface area contributed by atoms with Gasteiger partial charge in [0.2, 0.25) is 11.4 Å². The van der Waals surface area contributed by atoms with Gasteiger partial charge in [-0.3, -0.25) is 0 Å². The van der Waals surface area contributed by atoms with Crippen LogP contribution in [-0.4, -0.2) is 5.17 Å². The van der Waals surface area contributed by atoms with Crippen molar-refractivity contribution in [1.29, 1.82) is 0 Å². The summed E-state index contributed by atoms with van der Waals surface area (Å²) < 4.78 is 2.05. The molecule has 3 rings (SSSR count). The highest BCUT2D eigenvalue weighted by atomic mass is 35.5. The first-order valence-corrected chi connectivity index (χ1v) is 7.22. The monoisotopic (exact) mass is 327 g/mol. The van der Waals surface area contributed by atoms with Gasteiger partial charge in [0, 0.05) is 24.3 Å². The summed E-state index contributed by atoms with van der Waals surface area (Å²) in [6.07, 6.45) is 0. The summed E-state index contributed by atoms with van der Waals surface area (Å²) in [5.41, 5.74) is 3.07. The SMILES string of the molecule is ClC(c1ccccc1)=[N+](c1ccccc1)c1ccccc1.[Cl-]. The van der Waals surface area contributed by atoms with Crippen LogP contribution in [0.5, 0.6) is 0 Å². The third-order valence-corrected chi connectivity index (χ3v) is 3.62. The van der Waals surface area contributed by atoms with Crippen molar-refractivity contribution in [2.75, 3.05) is 0 Å². The van der Waals surface area contributed by atoms with Gasteiger partial charge in [0.05, 0.1) is 5.56 Å². The molecule has 0 amide bonds. The Balaban J connectivity index is 0.00000176. The molecule has 0 spiro atoms. The second-order valence-electron chi connectivity index (χ2n) is 4.66. The molecule has 22 heavy (non-hydrogen) atoms. The Morgan fingerprint density at radius 3 is 1.36 bits per heavy atom. The van der Waals surface area contributed by atoms with Gasteiger partial charge < -0.3 is 12.4 Å². The lowest BCUT2D eigenvalue weighted by molar-refractivity contribution is -0.00000403. The van der Waals surface area contributed by atoms with Crippen LogP contribution in [0, 0.1) is 0 Å². The van der Waals surface area contributed by atoms with E-state index in [9.17, 15) is 0 Å². The number of nitrogens with zero attached hydrogens (tertiary/aromatic N) is 1. The zero-order valence-corrected chi connectivity index (χ0v) is 13.4. The molecule has 3 aromatic rings. The van der Waals surface area contributed by atoms with E-state index in [2.05, 4.69) is 28.8 Å². The average molecular weight is 328 g/mol. The zero-order valence-electron chi connectivity index (χ0n) is 11.9. The number of rotatable bonds is 3. The minimum absolute atomic E-state index is 0. The lowest BCUT2D eigenvalue weighted by atomic mass is 10.2. The molecule has 0 unspecified atom stereocenters. The van der Waals surface area contributed by atoms with Crippen LogP contribution in [0.25, 0.3) is 0 Å². The minimum Gasteiger partial charge on any atom is -1.00 e. The van der Waals surface area contributed by atoms with Crippen LogP contribution in [0.1, 0.15) is 5.56 Å². The predicted molar refractivity (Wildman–Crippen MR) is 90.7 cm³/mol. The van der Waals surface area contributed by atoms with Gasteiger partial charge in [-0.25, -0.2) is 0 Å². The Bertz CT molecular complexity index is 697. The van der Waals surface area contributed by atoms with Gasteiger partial charge in [-0.1, -0.05) is 54.6 Å². The van der Waals surface area contributed by atoms with E-state index in [4.69, 9.17) is 11.6 Å². The Hall–Kier alpha value is -2.09. The van der Waals surface area contributed by atoms with Crippen molar-refractivity contribution in [2.24, 2.45) is 0 Å². The van der Waals surface area contributed by atoms with Gasteiger partial charge in [-0.15, -0.1) is 4.58 Å². The molecular weight excluding hydrogens is 313 g/mol. The molecule has 110 valence electrons. The average Bonchev–Trinajstić information content (AvgIpc) is 2.58. The highest BCUT2D eigenvalue weighted by molar-refractivity contribution is 6.70. The first kappa shape index (κ1) is 16.3. The van der Waals surface area contributed by atoms with Crippen molar-refractivity contribution in [2.45, 2.75) is 0 Å². The van der Waals surface area contributed by atoms with Crippen LogP contribution < -0.4 is 17.0 Å². The van der Waals surface area contributed by atoms with E-state index >= 15 is 0 Å². The van der Waals surface area contributed by atoms with Gasteiger partial charge in [0.1, 0.15) is 0 Å². The molecule has 3 heteroatoms. The standard InChI is InChI=1S/C19H15ClN.ClH/c20-19(16-10-4-1-5-11-16)21(17-12-6-2-7-13-17)18-14-8-3-9-15-18;/h1-15H;1H/q+1;/p-1. The maximum absolute atomic E-state index is 6.68. The van der Waals surface area contributed by atoms with E-state index in [0.29, 0.717) is 5.17 Å². The topological polar surface area (TPSA) is 3.01 Å². The van der Waals surface area contributed by atoms with Crippen molar-refractivity contribution in [3.05, 3.63) is 96.6 Å². The summed E-state index contributed by atoms with van der Waals surface area (Å²) in [7, 11) is 0. The fourth-order valence-electron chi connectivity index (χ4n) is 2.23. The van der Waals surface area contributed by atoms with Gasteiger partial charge >= 0.3 is 0 Å². The summed E-state index contributed by atoms with van der Waals surface area (Å²) >= 11 is 6.68. The normalized spacial score (nSPS) is 9.68. The summed E-state index contributed by atoms with van der Waals surface area (Å²) in [5, 5.41) is 0.688. The number of hydrogen-bond donors (Lipinski definition) is 0. The zero-order chi connectivity index (χ0) is 14.5. The van der Waals surface area contributed by atoms with E-state index in [0.717, 1.165) is 16.9 Å². The third kappa shape index (κ3) is 3.56. The molecule has 0 aromatic heterocycles. The molecule has 0 radical (unpaired) electrons. The Kier molecular flexibility index (Phi) is 5.76. The second kappa shape index (κ2) is 7.79. The van der Waals surface area contributed by atoms with E-state index < -0.39 is 0 Å². The molecule has 0 aliphatic rings. The summed E-state index contributed by atoms with van der Waals surface area (Å²) in [5.74, 6) is 0. The highest BCUT2D eigenvalue weighted by Crippen LogP contribution is 2.23. The number of benzene rings is 3. The van der Waals surface area contributed by atoms with Crippen LogP contribution in [0.3, 0.4) is 0 Å². The maximum Gasteiger partial charge on any atom is 0.288 e. The molecule has 0 aliphatic heterocycles. The smallest absolute Gasteiger partial charge is 0.288 e. The van der Waals surface area contributed by atoms with E-state index in [-0.39, 0.29) is 12.4 Å². The number of para-hydroxylation sites is 2. The van der Waals surface area contributed by atoms with Crippen molar-refractivity contribution in [3.8, 4) is 0 Å². The molecule has 0 heterocycles. The molecule has 0 N–H and O–H groups in total. The van der Waals surface area contributed by atoms with Crippen molar-refractivity contribution < 1.29 is 12.4 Å². The Morgan fingerprint density at radius 2 is 0.955 bits per heavy atom. The molecule has 0 saturated heterocycles. The molecule has 0 fully saturated rings. The lowest BCUT2D eigenvalue weighted by Crippen LogP contribution is -3.00. The fraction of sp³-hybridized carbons (Fsp3) is 0. The Labute approximate surface area is 141 Å². The first-order chi connectivity index (χ1) is 10.4. The van der Waals surface area contributed by atoms with Crippen LogP contribution in [0.15, 0.2) is 91.0 Å². The first-order valence-electron chi connectivity index (χ1n) is 6.84. The highest BCUT2D eigenvalue weighted by Gasteiger charge is 2.20. The molecule has 0 bridgehead atoms. The van der Waals surface area contributed by atoms with Crippen molar-refractivity contribution >= 4 is 28.1 Å². The molecule has 0 atom stereocenters. The summed E-state index contributed by atoms with van der Waals surface area (Å²) in [6.45, 7) is 0. The summed E-state index contributed by atoms with van der Waals surface area (Å²) in [6, 6.07) is 30.3. The molecule has 1 nitrogen and oxygen atoms in total. The van der Waals surface area contributed by atoms with Crippen LogP contribution >= 0.6 is 11.6 Å². The van der Waals surface area contributed by atoms with E-state index in [1.165, 1.54) is 0 Å². The van der Waals surface area contributed by atoms with Crippen molar-refractivity contribution in [1.82, 2.24) is 4.58 Å². The third-order valence-electron chi connectivity index (χ3n) is 3.24. The molecule has 0 saturated carbocycles. The van der Waals surface area contributed by atoms with E-state index in [1.54, 1.807) is 0 Å². The maximum atomic E-state index is 6.68. The van der Waals surface area contributed by atoms with E-state index in [1.807, 2.05) is 66.7 Å². The second-order valence-corrected chi connectivity index (χ2v) is 5.02. The Morgan fingerprint density at radius 1 is 0.591 bits per heavy atom. The number of halogens is 2. The van der Waals surface area contributed by atoms with Gasteiger partial charge in [0.25, 0.3) is 5.17 Å². The molecule has 0 aliphatic carbocycles. The van der Waals surface area contributed by atoms with Crippen LogP contribution in [0.2, 0.25) is 0 Å². The quantitative estimate of drug-likeness (QED) is 0.512. The van der Waals surface area contributed by atoms with Gasteiger partial charge in [0.15, 0.2) is 0 Å².